The van der Waals surface area contributed by atoms with Gasteiger partial charge in [0.05, 0.1) is 28.7 Å². The molecule has 1 heterocycles. The molecule has 132 valence electrons. The minimum atomic E-state index is -3.75. The molecule has 0 atom stereocenters. The Morgan fingerprint density at radius 1 is 1.00 bits per heavy atom. The predicted octanol–water partition coefficient (Wildman–Crippen LogP) is 1.99. The highest BCUT2D eigenvalue weighted by Gasteiger charge is 2.18. The number of imidazole rings is 1. The van der Waals surface area contributed by atoms with E-state index in [0.29, 0.717) is 22.5 Å². The zero-order chi connectivity index (χ0) is 18.4. The van der Waals surface area contributed by atoms with Gasteiger partial charge in [0.2, 0.25) is 0 Å². The Morgan fingerprint density at radius 2 is 1.68 bits per heavy atom. The fourth-order valence-electron chi connectivity index (χ4n) is 2.83. The van der Waals surface area contributed by atoms with Gasteiger partial charge in [-0.15, -0.1) is 0 Å². The summed E-state index contributed by atoms with van der Waals surface area (Å²) >= 11 is 0. The van der Waals surface area contributed by atoms with E-state index < -0.39 is 10.0 Å². The highest BCUT2D eigenvalue weighted by atomic mass is 32.2. The molecule has 0 aliphatic carbocycles. The average molecular weight is 361 g/mol. The lowest BCUT2D eigenvalue weighted by Crippen LogP contribution is -2.19. The van der Waals surface area contributed by atoms with E-state index in [1.54, 1.807) is 51.4 Å². The zero-order valence-electron chi connectivity index (χ0n) is 14.4. The summed E-state index contributed by atoms with van der Waals surface area (Å²) < 4.78 is 36.0. The molecule has 8 heteroatoms. The van der Waals surface area contributed by atoms with E-state index in [-0.39, 0.29) is 10.6 Å². The number of nitrogens with zero attached hydrogens (tertiary/aromatic N) is 2. The molecule has 0 amide bonds. The predicted molar refractivity (Wildman–Crippen MR) is 96.7 cm³/mol. The number of methoxy groups -OCH3 is 1. The van der Waals surface area contributed by atoms with E-state index in [9.17, 15) is 13.2 Å². The Morgan fingerprint density at radius 3 is 2.32 bits per heavy atom. The number of anilines is 1. The van der Waals surface area contributed by atoms with Gasteiger partial charge in [-0.1, -0.05) is 0 Å². The first-order valence-electron chi connectivity index (χ1n) is 7.57. The third-order valence-electron chi connectivity index (χ3n) is 4.20. The van der Waals surface area contributed by atoms with Gasteiger partial charge >= 0.3 is 5.69 Å². The van der Waals surface area contributed by atoms with Crippen molar-refractivity contribution < 1.29 is 13.2 Å². The third-order valence-corrected chi connectivity index (χ3v) is 5.74. The van der Waals surface area contributed by atoms with Crippen molar-refractivity contribution in [2.24, 2.45) is 14.1 Å². The second kappa shape index (κ2) is 5.96. The minimum Gasteiger partial charge on any atom is -0.497 e. The molecular weight excluding hydrogens is 342 g/mol. The smallest absolute Gasteiger partial charge is 0.328 e. The summed E-state index contributed by atoms with van der Waals surface area (Å²) in [5, 5.41) is 0. The second-order valence-corrected chi connectivity index (χ2v) is 7.49. The first-order valence-corrected chi connectivity index (χ1v) is 9.06. The van der Waals surface area contributed by atoms with Crippen molar-refractivity contribution in [3.8, 4) is 5.75 Å². The Kier molecular flexibility index (Phi) is 4.08. The molecule has 1 N–H and O–H groups in total. The standard InChI is InChI=1S/C17H19N3O4S/c1-11-9-13(24-4)6-8-16(11)25(22,23)18-12-5-7-14-15(10-12)20(3)17(21)19(14)2/h5-10,18H,1-4H3. The van der Waals surface area contributed by atoms with Gasteiger partial charge in [0, 0.05) is 14.1 Å². The lowest BCUT2D eigenvalue weighted by molar-refractivity contribution is 0.414. The van der Waals surface area contributed by atoms with Crippen LogP contribution in [0.15, 0.2) is 46.1 Å². The molecule has 3 rings (SSSR count). The average Bonchev–Trinajstić information content (AvgIpc) is 2.78. The van der Waals surface area contributed by atoms with Gasteiger partial charge in [-0.25, -0.2) is 13.2 Å². The Hall–Kier alpha value is -2.74. The lowest BCUT2D eigenvalue weighted by Gasteiger charge is -2.11. The maximum atomic E-state index is 12.7. The number of aromatic nitrogens is 2. The maximum Gasteiger partial charge on any atom is 0.328 e. The molecule has 7 nitrogen and oxygen atoms in total. The molecule has 25 heavy (non-hydrogen) atoms. The second-order valence-electron chi connectivity index (χ2n) is 5.84. The maximum absolute atomic E-state index is 12.7. The van der Waals surface area contributed by atoms with Crippen LogP contribution in [0.5, 0.6) is 5.75 Å². The van der Waals surface area contributed by atoms with Crippen LogP contribution >= 0.6 is 0 Å². The van der Waals surface area contributed by atoms with Crippen LogP contribution in [-0.4, -0.2) is 24.7 Å². The first-order chi connectivity index (χ1) is 11.7. The SMILES string of the molecule is COc1ccc(S(=O)(=O)Nc2ccc3c(c2)n(C)c(=O)n3C)c(C)c1. The van der Waals surface area contributed by atoms with Gasteiger partial charge in [0.25, 0.3) is 10.0 Å². The third kappa shape index (κ3) is 2.89. The number of hydrogen-bond acceptors (Lipinski definition) is 4. The molecule has 0 saturated heterocycles. The minimum absolute atomic E-state index is 0.166. The van der Waals surface area contributed by atoms with Crippen LogP contribution in [0.1, 0.15) is 5.56 Å². The number of sulfonamides is 1. The van der Waals surface area contributed by atoms with Gasteiger partial charge < -0.3 is 4.74 Å². The fraction of sp³-hybridized carbons (Fsp3) is 0.235. The Bertz CT molecular complexity index is 1130. The highest BCUT2D eigenvalue weighted by molar-refractivity contribution is 7.92. The van der Waals surface area contributed by atoms with Gasteiger partial charge in [-0.3, -0.25) is 13.9 Å². The summed E-state index contributed by atoms with van der Waals surface area (Å²) in [5.41, 5.74) is 2.19. The number of hydrogen-bond donors (Lipinski definition) is 1. The van der Waals surface area contributed by atoms with Crippen LogP contribution in [-0.2, 0) is 24.1 Å². The van der Waals surface area contributed by atoms with Gasteiger partial charge in [0.1, 0.15) is 5.75 Å². The van der Waals surface area contributed by atoms with Crippen LogP contribution in [0, 0.1) is 6.92 Å². The van der Waals surface area contributed by atoms with Crippen LogP contribution in [0.25, 0.3) is 11.0 Å². The molecule has 0 unspecified atom stereocenters. The summed E-state index contributed by atoms with van der Waals surface area (Å²) in [5.74, 6) is 0.595. The van der Waals surface area contributed by atoms with Gasteiger partial charge in [-0.05, 0) is 48.9 Å². The molecule has 2 aromatic carbocycles. The summed E-state index contributed by atoms with van der Waals surface area (Å²) in [4.78, 5) is 12.2. The van der Waals surface area contributed by atoms with Crippen LogP contribution < -0.4 is 15.1 Å². The van der Waals surface area contributed by atoms with Crippen molar-refractivity contribution in [1.82, 2.24) is 9.13 Å². The van der Waals surface area contributed by atoms with Crippen LogP contribution in [0.3, 0.4) is 0 Å². The summed E-state index contributed by atoms with van der Waals surface area (Å²) in [6.45, 7) is 1.71. The Balaban J connectivity index is 2.02. The van der Waals surface area contributed by atoms with Crippen molar-refractivity contribution in [2.75, 3.05) is 11.8 Å². The molecule has 0 fully saturated rings. The quantitative estimate of drug-likeness (QED) is 0.770. The van der Waals surface area contributed by atoms with Crippen LogP contribution in [0.4, 0.5) is 5.69 Å². The molecule has 0 saturated carbocycles. The van der Waals surface area contributed by atoms with E-state index in [4.69, 9.17) is 4.74 Å². The van der Waals surface area contributed by atoms with Gasteiger partial charge in [-0.2, -0.15) is 0 Å². The largest absolute Gasteiger partial charge is 0.497 e. The van der Waals surface area contributed by atoms with Crippen molar-refractivity contribution >= 4 is 26.7 Å². The number of rotatable bonds is 4. The van der Waals surface area contributed by atoms with Crippen molar-refractivity contribution in [2.45, 2.75) is 11.8 Å². The number of aryl methyl sites for hydroxylation is 3. The molecular formula is C17H19N3O4S. The van der Waals surface area contributed by atoms with Crippen LogP contribution in [0.2, 0.25) is 0 Å². The molecule has 0 aliphatic heterocycles. The monoisotopic (exact) mass is 361 g/mol. The first kappa shape index (κ1) is 17.1. The van der Waals surface area contributed by atoms with Gasteiger partial charge in [0.15, 0.2) is 0 Å². The van der Waals surface area contributed by atoms with E-state index >= 15 is 0 Å². The van der Waals surface area contributed by atoms with Crippen molar-refractivity contribution in [3.63, 3.8) is 0 Å². The molecule has 0 bridgehead atoms. The van der Waals surface area contributed by atoms with E-state index in [1.807, 2.05) is 0 Å². The van der Waals surface area contributed by atoms with Crippen molar-refractivity contribution in [1.29, 1.82) is 0 Å². The number of ether oxygens (including phenoxy) is 1. The lowest BCUT2D eigenvalue weighted by atomic mass is 10.2. The summed E-state index contributed by atoms with van der Waals surface area (Å²) in [6.07, 6.45) is 0. The molecule has 1 aromatic heterocycles. The van der Waals surface area contributed by atoms with Crippen molar-refractivity contribution in [3.05, 3.63) is 52.4 Å². The number of nitrogens with one attached hydrogen (secondary N) is 1. The topological polar surface area (TPSA) is 82.3 Å². The number of fused-ring (bicyclic) bond motifs is 1. The fourth-order valence-corrected chi connectivity index (χ4v) is 4.11. The molecule has 3 aromatic rings. The van der Waals surface area contributed by atoms with E-state index in [2.05, 4.69) is 4.72 Å². The van der Waals surface area contributed by atoms with E-state index in [0.717, 1.165) is 5.52 Å². The molecule has 0 aliphatic rings. The normalized spacial score (nSPS) is 11.7. The molecule has 0 radical (unpaired) electrons. The zero-order valence-corrected chi connectivity index (χ0v) is 15.2. The number of benzene rings is 2. The Labute approximate surface area is 145 Å². The molecule has 0 spiro atoms. The summed E-state index contributed by atoms with van der Waals surface area (Å²) in [7, 11) is 1.10. The highest BCUT2D eigenvalue weighted by Crippen LogP contribution is 2.25. The van der Waals surface area contributed by atoms with E-state index in [1.165, 1.54) is 22.3 Å². The summed E-state index contributed by atoms with van der Waals surface area (Å²) in [6, 6.07) is 9.78.